The Balaban J connectivity index is 4.34. The van der Waals surface area contributed by atoms with E-state index in [1.54, 1.807) is 18.2 Å². The van der Waals surface area contributed by atoms with Crippen LogP contribution in [0.3, 0.4) is 0 Å². The monoisotopic (exact) mass is 182 g/mol. The van der Waals surface area contributed by atoms with Crippen molar-refractivity contribution in [2.75, 3.05) is 0 Å². The molecule has 1 atom stereocenters. The predicted octanol–water partition coefficient (Wildman–Crippen LogP) is 0.373. The van der Waals surface area contributed by atoms with Gasteiger partial charge in [-0.05, 0) is 24.3 Å². The Morgan fingerprint density at radius 2 is 2.23 bits per heavy atom. The summed E-state index contributed by atoms with van der Waals surface area (Å²) in [7, 11) is 0. The number of rotatable bonds is 5. The maximum Gasteiger partial charge on any atom is 0.320 e. The summed E-state index contributed by atoms with van der Waals surface area (Å²) < 4.78 is 0. The van der Waals surface area contributed by atoms with E-state index in [0.717, 1.165) is 5.57 Å². The van der Waals surface area contributed by atoms with Crippen LogP contribution in [0.4, 0.5) is 0 Å². The highest BCUT2D eigenvalue weighted by atomic mass is 16.4. The highest BCUT2D eigenvalue weighted by molar-refractivity contribution is 5.73. The normalized spacial score (nSPS) is 14.4. The van der Waals surface area contributed by atoms with Crippen LogP contribution in [0, 0.1) is 0 Å². The van der Waals surface area contributed by atoms with Gasteiger partial charge in [0.1, 0.15) is 6.04 Å². The summed E-state index contributed by atoms with van der Waals surface area (Å²) in [6.07, 6.45) is 6.42. The van der Waals surface area contributed by atoms with Gasteiger partial charge in [-0.25, -0.2) is 0 Å². The van der Waals surface area contributed by atoms with Crippen molar-refractivity contribution in [2.24, 2.45) is 11.5 Å². The highest BCUT2D eigenvalue weighted by Gasteiger charge is 2.11. The molecular formula is C9H14N2O2. The van der Waals surface area contributed by atoms with Crippen molar-refractivity contribution in [2.45, 2.75) is 12.5 Å². The molecule has 0 aromatic carbocycles. The zero-order valence-corrected chi connectivity index (χ0v) is 7.31. The van der Waals surface area contributed by atoms with E-state index in [1.807, 2.05) is 0 Å². The number of aliphatic carboxylic acids is 1. The third kappa shape index (κ3) is 4.81. The van der Waals surface area contributed by atoms with Gasteiger partial charge in [-0.15, -0.1) is 0 Å². The van der Waals surface area contributed by atoms with Crippen LogP contribution in [0.1, 0.15) is 6.42 Å². The summed E-state index contributed by atoms with van der Waals surface area (Å²) >= 11 is 0. The fourth-order valence-electron chi connectivity index (χ4n) is 0.808. The Hall–Kier alpha value is -1.55. The van der Waals surface area contributed by atoms with Crippen LogP contribution in [0.2, 0.25) is 0 Å². The van der Waals surface area contributed by atoms with E-state index in [2.05, 4.69) is 6.58 Å². The Bertz CT molecular complexity index is 244. The standard InChI is InChI=1S/C9H14N2O2/c1-2-3-7(4-5-10)6-8(11)9(12)13/h2-5,8H,1,6,10-11H2,(H,12,13)/b5-4-,7-3+/t8-/m1/s1. The van der Waals surface area contributed by atoms with E-state index in [1.165, 1.54) is 6.20 Å². The third-order valence-electron chi connectivity index (χ3n) is 1.42. The zero-order valence-electron chi connectivity index (χ0n) is 7.31. The molecule has 4 heteroatoms. The lowest BCUT2D eigenvalue weighted by Gasteiger charge is -2.05. The summed E-state index contributed by atoms with van der Waals surface area (Å²) in [4.78, 5) is 10.4. The Morgan fingerprint density at radius 1 is 1.62 bits per heavy atom. The lowest BCUT2D eigenvalue weighted by Crippen LogP contribution is -2.30. The Kier molecular flexibility index (Phi) is 5.30. The van der Waals surface area contributed by atoms with E-state index in [9.17, 15) is 4.79 Å². The summed E-state index contributed by atoms with van der Waals surface area (Å²) in [5.41, 5.74) is 11.2. The van der Waals surface area contributed by atoms with Gasteiger partial charge < -0.3 is 16.6 Å². The van der Waals surface area contributed by atoms with Crippen molar-refractivity contribution in [3.8, 4) is 0 Å². The number of carboxylic acids is 1. The zero-order chi connectivity index (χ0) is 10.3. The van der Waals surface area contributed by atoms with Gasteiger partial charge in [0.25, 0.3) is 0 Å². The lowest BCUT2D eigenvalue weighted by molar-refractivity contribution is -0.138. The van der Waals surface area contributed by atoms with Gasteiger partial charge in [-0.3, -0.25) is 4.79 Å². The molecule has 0 aliphatic rings. The highest BCUT2D eigenvalue weighted by Crippen LogP contribution is 2.05. The Labute approximate surface area is 77.2 Å². The molecule has 0 aromatic heterocycles. The van der Waals surface area contributed by atoms with Gasteiger partial charge in [0.2, 0.25) is 0 Å². The van der Waals surface area contributed by atoms with Crippen molar-refractivity contribution in [3.63, 3.8) is 0 Å². The number of carboxylic acid groups (broad SMARTS) is 1. The van der Waals surface area contributed by atoms with Crippen LogP contribution < -0.4 is 11.5 Å². The second kappa shape index (κ2) is 6.02. The van der Waals surface area contributed by atoms with Crippen molar-refractivity contribution < 1.29 is 9.90 Å². The van der Waals surface area contributed by atoms with Crippen molar-refractivity contribution in [3.05, 3.63) is 36.6 Å². The second-order valence-corrected chi connectivity index (χ2v) is 2.49. The van der Waals surface area contributed by atoms with Crippen molar-refractivity contribution in [1.29, 1.82) is 0 Å². The van der Waals surface area contributed by atoms with Crippen molar-refractivity contribution >= 4 is 5.97 Å². The number of hydrogen-bond acceptors (Lipinski definition) is 3. The van der Waals surface area contributed by atoms with Crippen LogP contribution in [-0.2, 0) is 4.79 Å². The SMILES string of the molecule is C=C/C=C(\C=C/N)C[C@@H](N)C(=O)O. The number of nitrogens with two attached hydrogens (primary N) is 2. The molecule has 0 amide bonds. The molecule has 0 aromatic rings. The van der Waals surface area contributed by atoms with Gasteiger partial charge in [0.05, 0.1) is 0 Å². The van der Waals surface area contributed by atoms with Crippen LogP contribution in [0.25, 0.3) is 0 Å². The van der Waals surface area contributed by atoms with Gasteiger partial charge in [0.15, 0.2) is 0 Å². The van der Waals surface area contributed by atoms with E-state index in [0.29, 0.717) is 0 Å². The quantitative estimate of drug-likeness (QED) is 0.536. The molecule has 0 saturated heterocycles. The minimum atomic E-state index is -1.03. The van der Waals surface area contributed by atoms with Crippen LogP contribution >= 0.6 is 0 Å². The molecule has 5 N–H and O–H groups in total. The summed E-state index contributed by atoms with van der Waals surface area (Å²) in [6.45, 7) is 3.50. The van der Waals surface area contributed by atoms with Gasteiger partial charge in [0, 0.05) is 0 Å². The first kappa shape index (κ1) is 11.4. The number of carbonyl (C=O) groups is 1. The molecular weight excluding hydrogens is 168 g/mol. The van der Waals surface area contributed by atoms with E-state index in [-0.39, 0.29) is 6.42 Å². The first-order chi connectivity index (χ1) is 6.11. The molecule has 4 nitrogen and oxygen atoms in total. The van der Waals surface area contributed by atoms with E-state index in [4.69, 9.17) is 16.6 Å². The average Bonchev–Trinajstić information content (AvgIpc) is 2.05. The molecule has 0 saturated carbocycles. The molecule has 72 valence electrons. The first-order valence-electron chi connectivity index (χ1n) is 3.80. The lowest BCUT2D eigenvalue weighted by atomic mass is 10.1. The Morgan fingerprint density at radius 3 is 2.62 bits per heavy atom. The maximum absolute atomic E-state index is 10.4. The number of hydrogen-bond donors (Lipinski definition) is 3. The topological polar surface area (TPSA) is 89.3 Å². The van der Waals surface area contributed by atoms with Crippen LogP contribution in [0.5, 0.6) is 0 Å². The fraction of sp³-hybridized carbons (Fsp3) is 0.222. The molecule has 0 bridgehead atoms. The van der Waals surface area contributed by atoms with E-state index >= 15 is 0 Å². The molecule has 0 aliphatic carbocycles. The van der Waals surface area contributed by atoms with Gasteiger partial charge in [-0.1, -0.05) is 18.7 Å². The van der Waals surface area contributed by atoms with Gasteiger partial charge >= 0.3 is 5.97 Å². The number of allylic oxidation sites excluding steroid dienone is 3. The average molecular weight is 182 g/mol. The molecule has 0 aliphatic heterocycles. The minimum absolute atomic E-state index is 0.245. The summed E-state index contributed by atoms with van der Waals surface area (Å²) in [6, 6.07) is -0.901. The summed E-state index contributed by atoms with van der Waals surface area (Å²) in [5, 5.41) is 8.53. The first-order valence-corrected chi connectivity index (χ1v) is 3.80. The third-order valence-corrected chi connectivity index (χ3v) is 1.42. The van der Waals surface area contributed by atoms with E-state index < -0.39 is 12.0 Å². The molecule has 0 rings (SSSR count). The van der Waals surface area contributed by atoms with Crippen molar-refractivity contribution in [1.82, 2.24) is 0 Å². The van der Waals surface area contributed by atoms with Crippen LogP contribution in [-0.4, -0.2) is 17.1 Å². The summed E-state index contributed by atoms with van der Waals surface area (Å²) in [5.74, 6) is -1.03. The minimum Gasteiger partial charge on any atom is -0.480 e. The van der Waals surface area contributed by atoms with Gasteiger partial charge in [-0.2, -0.15) is 0 Å². The van der Waals surface area contributed by atoms with Crippen LogP contribution in [0.15, 0.2) is 36.6 Å². The molecule has 0 heterocycles. The molecule has 0 fully saturated rings. The fourth-order valence-corrected chi connectivity index (χ4v) is 0.808. The second-order valence-electron chi connectivity index (χ2n) is 2.49. The molecule has 0 spiro atoms. The molecule has 13 heavy (non-hydrogen) atoms. The molecule has 0 radical (unpaired) electrons. The largest absolute Gasteiger partial charge is 0.480 e. The maximum atomic E-state index is 10.4. The predicted molar refractivity (Wildman–Crippen MR) is 51.8 cm³/mol. The molecule has 0 unspecified atom stereocenters. The smallest absolute Gasteiger partial charge is 0.320 e.